The zero-order valence-corrected chi connectivity index (χ0v) is 20.7. The number of fused-ring (bicyclic) bond motifs is 1. The smallest absolute Gasteiger partial charge is 0.258 e. The molecular weight excluding hydrogens is 444 g/mol. The number of nitrogen functional groups attached to an aromatic ring is 1. The van der Waals surface area contributed by atoms with Gasteiger partial charge >= 0.3 is 0 Å². The molecule has 35 heavy (non-hydrogen) atoms. The van der Waals surface area contributed by atoms with Crippen molar-refractivity contribution >= 4 is 17.3 Å². The SMILES string of the molecule is COCCOCOc1ccc(N2CCc3cc(-c4cnc(C(C)(C)C)nc4)ccc3C2=O)cc1N. The third-order valence-corrected chi connectivity index (χ3v) is 5.88. The van der Waals surface area contributed by atoms with Crippen molar-refractivity contribution in [3.05, 3.63) is 65.7 Å². The highest BCUT2D eigenvalue weighted by Crippen LogP contribution is 2.32. The minimum atomic E-state index is -0.101. The van der Waals surface area contributed by atoms with Crippen LogP contribution in [0, 0.1) is 0 Å². The highest BCUT2D eigenvalue weighted by molar-refractivity contribution is 6.08. The van der Waals surface area contributed by atoms with E-state index in [0.717, 1.165) is 34.6 Å². The zero-order chi connectivity index (χ0) is 25.0. The van der Waals surface area contributed by atoms with Crippen molar-refractivity contribution in [2.45, 2.75) is 32.6 Å². The molecule has 0 saturated carbocycles. The summed E-state index contributed by atoms with van der Waals surface area (Å²) in [7, 11) is 1.61. The molecule has 0 fully saturated rings. The minimum Gasteiger partial charge on any atom is -0.465 e. The van der Waals surface area contributed by atoms with Gasteiger partial charge in [0.1, 0.15) is 11.6 Å². The summed E-state index contributed by atoms with van der Waals surface area (Å²) >= 11 is 0. The third kappa shape index (κ3) is 5.61. The molecule has 1 aromatic heterocycles. The number of methoxy groups -OCH3 is 1. The molecule has 184 valence electrons. The lowest BCUT2D eigenvalue weighted by Gasteiger charge is -2.29. The monoisotopic (exact) mass is 476 g/mol. The van der Waals surface area contributed by atoms with Crippen LogP contribution in [-0.2, 0) is 21.3 Å². The summed E-state index contributed by atoms with van der Waals surface area (Å²) in [5, 5.41) is 0. The summed E-state index contributed by atoms with van der Waals surface area (Å²) in [5.41, 5.74) is 10.9. The van der Waals surface area contributed by atoms with Crippen LogP contribution in [0.4, 0.5) is 11.4 Å². The van der Waals surface area contributed by atoms with E-state index in [4.69, 9.17) is 19.9 Å². The highest BCUT2D eigenvalue weighted by Gasteiger charge is 2.26. The van der Waals surface area contributed by atoms with E-state index in [-0.39, 0.29) is 18.1 Å². The quantitative estimate of drug-likeness (QED) is 0.295. The predicted molar refractivity (Wildman–Crippen MR) is 136 cm³/mol. The van der Waals surface area contributed by atoms with Crippen molar-refractivity contribution < 1.29 is 19.0 Å². The normalized spacial score (nSPS) is 13.6. The molecule has 0 spiro atoms. The lowest BCUT2D eigenvalue weighted by atomic mass is 9.94. The number of rotatable bonds is 8. The maximum atomic E-state index is 13.3. The van der Waals surface area contributed by atoms with Gasteiger partial charge in [-0.3, -0.25) is 4.79 Å². The Bertz CT molecular complexity index is 1190. The van der Waals surface area contributed by atoms with Crippen LogP contribution in [0.1, 0.15) is 42.5 Å². The van der Waals surface area contributed by atoms with Crippen LogP contribution in [0.2, 0.25) is 0 Å². The summed E-state index contributed by atoms with van der Waals surface area (Å²) in [5.74, 6) is 1.27. The van der Waals surface area contributed by atoms with E-state index in [9.17, 15) is 4.79 Å². The lowest BCUT2D eigenvalue weighted by molar-refractivity contribution is -0.00813. The first kappa shape index (κ1) is 24.6. The molecule has 2 N–H and O–H groups in total. The van der Waals surface area contributed by atoms with Gasteiger partial charge in [-0.25, -0.2) is 9.97 Å². The Morgan fingerprint density at radius 2 is 1.80 bits per heavy atom. The van der Waals surface area contributed by atoms with Crippen LogP contribution in [0.3, 0.4) is 0 Å². The van der Waals surface area contributed by atoms with Gasteiger partial charge < -0.3 is 24.8 Å². The van der Waals surface area contributed by atoms with Gasteiger partial charge in [0.15, 0.2) is 6.79 Å². The number of nitrogens with two attached hydrogens (primary N) is 1. The Morgan fingerprint density at radius 3 is 2.49 bits per heavy atom. The van der Waals surface area contributed by atoms with E-state index in [2.05, 4.69) is 36.8 Å². The molecule has 1 amide bonds. The molecule has 0 radical (unpaired) electrons. The maximum absolute atomic E-state index is 13.3. The number of carbonyl (C=O) groups is 1. The van der Waals surface area contributed by atoms with Crippen molar-refractivity contribution in [2.75, 3.05) is 44.3 Å². The van der Waals surface area contributed by atoms with Gasteiger partial charge in [-0.05, 0) is 41.8 Å². The molecule has 2 aromatic carbocycles. The van der Waals surface area contributed by atoms with Gasteiger partial charge in [0, 0.05) is 48.3 Å². The second-order valence-electron chi connectivity index (χ2n) is 9.51. The number of amides is 1. The van der Waals surface area contributed by atoms with Crippen molar-refractivity contribution in [1.82, 2.24) is 9.97 Å². The van der Waals surface area contributed by atoms with Gasteiger partial charge in [-0.15, -0.1) is 0 Å². The Labute approximate surface area is 206 Å². The molecule has 1 aliphatic rings. The van der Waals surface area contributed by atoms with Crippen molar-refractivity contribution in [3.8, 4) is 16.9 Å². The number of nitrogens with zero attached hydrogens (tertiary/aromatic N) is 3. The fraction of sp³-hybridized carbons (Fsp3) is 0.370. The minimum absolute atomic E-state index is 0.0481. The summed E-state index contributed by atoms with van der Waals surface area (Å²) in [6, 6.07) is 11.3. The molecule has 8 nitrogen and oxygen atoms in total. The summed E-state index contributed by atoms with van der Waals surface area (Å²) in [4.78, 5) is 24.1. The Balaban J connectivity index is 1.47. The molecule has 4 rings (SSSR count). The van der Waals surface area contributed by atoms with Gasteiger partial charge in [0.25, 0.3) is 5.91 Å². The number of ether oxygens (including phenoxy) is 3. The molecule has 8 heteroatoms. The van der Waals surface area contributed by atoms with Crippen LogP contribution in [0.5, 0.6) is 5.75 Å². The van der Waals surface area contributed by atoms with Crippen LogP contribution in [-0.4, -0.2) is 49.5 Å². The highest BCUT2D eigenvalue weighted by atomic mass is 16.7. The summed E-state index contributed by atoms with van der Waals surface area (Å²) < 4.78 is 15.8. The van der Waals surface area contributed by atoms with Crippen LogP contribution in [0.15, 0.2) is 48.8 Å². The Morgan fingerprint density at radius 1 is 1.03 bits per heavy atom. The topological polar surface area (TPSA) is 99.8 Å². The number of anilines is 2. The van der Waals surface area contributed by atoms with Crippen LogP contribution >= 0.6 is 0 Å². The van der Waals surface area contributed by atoms with Crippen molar-refractivity contribution in [1.29, 1.82) is 0 Å². The summed E-state index contributed by atoms with van der Waals surface area (Å²) in [6.07, 6.45) is 4.43. The van der Waals surface area contributed by atoms with Gasteiger partial charge in [-0.1, -0.05) is 32.9 Å². The molecule has 0 atom stereocenters. The van der Waals surface area contributed by atoms with Crippen molar-refractivity contribution in [2.24, 2.45) is 0 Å². The van der Waals surface area contributed by atoms with E-state index in [0.29, 0.717) is 36.8 Å². The fourth-order valence-electron chi connectivity index (χ4n) is 3.92. The standard InChI is InChI=1S/C27H32N4O4/c1-27(2,3)26-29-15-20(16-30-26)18-5-7-22-19(13-18)9-10-31(25(22)32)21-6-8-24(23(28)14-21)35-17-34-12-11-33-4/h5-8,13-16H,9-12,17,28H2,1-4H3. The first-order chi connectivity index (χ1) is 16.8. The Hall–Kier alpha value is -3.49. The van der Waals surface area contributed by atoms with Crippen LogP contribution in [0.25, 0.3) is 11.1 Å². The maximum Gasteiger partial charge on any atom is 0.258 e. The van der Waals surface area contributed by atoms with Crippen molar-refractivity contribution in [3.63, 3.8) is 0 Å². The number of hydrogen-bond acceptors (Lipinski definition) is 7. The number of hydrogen-bond donors (Lipinski definition) is 1. The molecule has 0 unspecified atom stereocenters. The van der Waals surface area contributed by atoms with E-state index in [1.807, 2.05) is 30.6 Å². The number of aromatic nitrogens is 2. The first-order valence-electron chi connectivity index (χ1n) is 11.6. The second kappa shape index (κ2) is 10.4. The molecule has 3 aromatic rings. The average Bonchev–Trinajstić information content (AvgIpc) is 2.84. The molecule has 2 heterocycles. The van der Waals surface area contributed by atoms with E-state index in [1.165, 1.54) is 0 Å². The molecule has 0 bridgehead atoms. The number of carbonyl (C=O) groups excluding carboxylic acids is 1. The molecule has 0 saturated heterocycles. The van der Waals surface area contributed by atoms with Gasteiger partial charge in [-0.2, -0.15) is 0 Å². The molecule has 0 aliphatic carbocycles. The van der Waals surface area contributed by atoms with E-state index >= 15 is 0 Å². The second-order valence-corrected chi connectivity index (χ2v) is 9.51. The lowest BCUT2D eigenvalue weighted by Crippen LogP contribution is -2.37. The van der Waals surface area contributed by atoms with E-state index in [1.54, 1.807) is 24.1 Å². The number of benzene rings is 2. The van der Waals surface area contributed by atoms with Gasteiger partial charge in [0.05, 0.1) is 18.9 Å². The average molecular weight is 477 g/mol. The van der Waals surface area contributed by atoms with Gasteiger partial charge in [0.2, 0.25) is 0 Å². The zero-order valence-electron chi connectivity index (χ0n) is 20.7. The Kier molecular flexibility index (Phi) is 7.33. The van der Waals surface area contributed by atoms with Crippen LogP contribution < -0.4 is 15.4 Å². The third-order valence-electron chi connectivity index (χ3n) is 5.88. The molecular formula is C27H32N4O4. The summed E-state index contributed by atoms with van der Waals surface area (Å²) in [6.45, 7) is 7.84. The predicted octanol–water partition coefficient (Wildman–Crippen LogP) is 4.23. The fourth-order valence-corrected chi connectivity index (χ4v) is 3.92. The van der Waals surface area contributed by atoms with E-state index < -0.39 is 0 Å². The largest absolute Gasteiger partial charge is 0.465 e. The molecule has 1 aliphatic heterocycles. The first-order valence-corrected chi connectivity index (χ1v) is 11.6.